The van der Waals surface area contributed by atoms with Crippen molar-refractivity contribution < 1.29 is 4.79 Å². The molecule has 0 radical (unpaired) electrons. The van der Waals surface area contributed by atoms with Crippen molar-refractivity contribution in [3.05, 3.63) is 34.2 Å². The van der Waals surface area contributed by atoms with Crippen LogP contribution in [0.3, 0.4) is 0 Å². The van der Waals surface area contributed by atoms with Gasteiger partial charge in [-0.15, -0.1) is 0 Å². The Morgan fingerprint density at radius 2 is 2.29 bits per heavy atom. The third-order valence-corrected chi connectivity index (χ3v) is 3.10. The number of rotatable bonds is 1. The highest BCUT2D eigenvalue weighted by molar-refractivity contribution is 5.93. The van der Waals surface area contributed by atoms with E-state index in [1.54, 1.807) is 30.3 Å². The van der Waals surface area contributed by atoms with Gasteiger partial charge in [-0.05, 0) is 25.0 Å². The largest absolute Gasteiger partial charge is 0.337 e. The van der Waals surface area contributed by atoms with E-state index < -0.39 is 0 Å². The van der Waals surface area contributed by atoms with Crippen LogP contribution in [0.15, 0.2) is 23.1 Å². The fourth-order valence-corrected chi connectivity index (χ4v) is 2.12. The first-order chi connectivity index (χ1) is 8.09. The summed E-state index contributed by atoms with van der Waals surface area (Å²) in [6.45, 7) is 1.22. The predicted molar refractivity (Wildman–Crippen MR) is 64.8 cm³/mol. The summed E-state index contributed by atoms with van der Waals surface area (Å²) in [6, 6.07) is 3.31. The molecule has 0 saturated carbocycles. The first-order valence-corrected chi connectivity index (χ1v) is 5.80. The van der Waals surface area contributed by atoms with Gasteiger partial charge >= 0.3 is 0 Å². The summed E-state index contributed by atoms with van der Waals surface area (Å²) >= 11 is 0. The third kappa shape index (κ3) is 2.39. The van der Waals surface area contributed by atoms with Crippen molar-refractivity contribution in [2.24, 2.45) is 12.8 Å². The quantitative estimate of drug-likeness (QED) is 0.742. The van der Waals surface area contributed by atoms with Gasteiger partial charge < -0.3 is 15.2 Å². The topological polar surface area (TPSA) is 68.3 Å². The minimum absolute atomic E-state index is 0.0280. The van der Waals surface area contributed by atoms with E-state index in [1.807, 2.05) is 0 Å². The zero-order valence-electron chi connectivity index (χ0n) is 9.93. The number of carbonyl (C=O) groups is 1. The Labute approximate surface area is 99.8 Å². The Morgan fingerprint density at radius 3 is 3.00 bits per heavy atom. The summed E-state index contributed by atoms with van der Waals surface area (Å²) in [5.41, 5.74) is 5.80. The number of hydrogen-bond acceptors (Lipinski definition) is 3. The predicted octanol–water partition coefficient (Wildman–Crippen LogP) is -0.0514. The van der Waals surface area contributed by atoms with E-state index in [1.165, 1.54) is 4.57 Å². The maximum Gasteiger partial charge on any atom is 0.263 e. The number of nitrogens with two attached hydrogens (primary N) is 1. The molecule has 1 saturated heterocycles. The molecule has 0 aromatic carbocycles. The van der Waals surface area contributed by atoms with Gasteiger partial charge in [-0.2, -0.15) is 0 Å². The van der Waals surface area contributed by atoms with Crippen molar-refractivity contribution in [3.8, 4) is 0 Å². The minimum Gasteiger partial charge on any atom is -0.337 e. The maximum absolute atomic E-state index is 12.2. The average molecular weight is 235 g/mol. The first kappa shape index (κ1) is 11.9. The van der Waals surface area contributed by atoms with E-state index in [0.29, 0.717) is 13.1 Å². The molecule has 1 aliphatic heterocycles. The molecule has 1 fully saturated rings. The number of nitrogens with zero attached hydrogens (tertiary/aromatic N) is 2. The van der Waals surface area contributed by atoms with Crippen LogP contribution in [0, 0.1) is 0 Å². The molecular formula is C12H17N3O2. The molecule has 2 heterocycles. The lowest BCUT2D eigenvalue weighted by molar-refractivity contribution is 0.0706. The summed E-state index contributed by atoms with van der Waals surface area (Å²) < 4.78 is 1.41. The van der Waals surface area contributed by atoms with Gasteiger partial charge in [-0.1, -0.05) is 0 Å². The summed E-state index contributed by atoms with van der Waals surface area (Å²) in [7, 11) is 1.64. The van der Waals surface area contributed by atoms with Crippen molar-refractivity contribution in [3.63, 3.8) is 0 Å². The Morgan fingerprint density at radius 1 is 1.53 bits per heavy atom. The molecule has 0 aliphatic carbocycles. The number of pyridine rings is 1. The van der Waals surface area contributed by atoms with Crippen LogP contribution >= 0.6 is 0 Å². The molecule has 1 aromatic heterocycles. The number of likely N-dealkylation sites (tertiary alicyclic amines) is 1. The summed E-state index contributed by atoms with van der Waals surface area (Å²) in [5.74, 6) is -0.207. The maximum atomic E-state index is 12.2. The van der Waals surface area contributed by atoms with Crippen LogP contribution in [0.25, 0.3) is 0 Å². The van der Waals surface area contributed by atoms with Gasteiger partial charge in [-0.25, -0.2) is 0 Å². The number of aryl methyl sites for hydroxylation is 1. The van der Waals surface area contributed by atoms with Gasteiger partial charge in [0.1, 0.15) is 5.56 Å². The molecule has 1 aromatic rings. The fraction of sp³-hybridized carbons (Fsp3) is 0.500. The molecule has 92 valence electrons. The summed E-state index contributed by atoms with van der Waals surface area (Å²) in [5, 5.41) is 0. The van der Waals surface area contributed by atoms with E-state index in [-0.39, 0.29) is 23.1 Å². The van der Waals surface area contributed by atoms with Gasteiger partial charge in [0.2, 0.25) is 0 Å². The molecule has 0 bridgehead atoms. The van der Waals surface area contributed by atoms with Crippen LogP contribution in [-0.2, 0) is 7.05 Å². The molecule has 5 nitrogen and oxygen atoms in total. The number of piperidine rings is 1. The third-order valence-electron chi connectivity index (χ3n) is 3.10. The molecule has 1 amide bonds. The van der Waals surface area contributed by atoms with E-state index in [9.17, 15) is 9.59 Å². The van der Waals surface area contributed by atoms with Crippen molar-refractivity contribution in [2.45, 2.75) is 18.9 Å². The average Bonchev–Trinajstić information content (AvgIpc) is 2.32. The number of hydrogen-bond donors (Lipinski definition) is 1. The molecule has 0 spiro atoms. The van der Waals surface area contributed by atoms with Crippen molar-refractivity contribution in [1.82, 2.24) is 9.47 Å². The zero-order valence-corrected chi connectivity index (χ0v) is 9.93. The standard InChI is InChI=1S/C12H17N3O2/c1-14-6-3-5-10(11(14)16)12(17)15-7-2-4-9(13)8-15/h3,5-6,9H,2,4,7-8,13H2,1H3. The highest BCUT2D eigenvalue weighted by Gasteiger charge is 2.24. The number of amides is 1. The lowest BCUT2D eigenvalue weighted by Gasteiger charge is -2.30. The van der Waals surface area contributed by atoms with E-state index >= 15 is 0 Å². The summed E-state index contributed by atoms with van der Waals surface area (Å²) in [4.78, 5) is 25.7. The number of aromatic nitrogens is 1. The Kier molecular flexibility index (Phi) is 3.28. The second-order valence-electron chi connectivity index (χ2n) is 4.49. The second-order valence-corrected chi connectivity index (χ2v) is 4.49. The number of carbonyl (C=O) groups excluding carboxylic acids is 1. The fourth-order valence-electron chi connectivity index (χ4n) is 2.12. The SMILES string of the molecule is Cn1cccc(C(=O)N2CCCC(N)C2)c1=O. The zero-order chi connectivity index (χ0) is 12.4. The Bertz CT molecular complexity index is 481. The van der Waals surface area contributed by atoms with Gasteiger partial charge in [0.25, 0.3) is 11.5 Å². The highest BCUT2D eigenvalue weighted by Crippen LogP contribution is 2.10. The van der Waals surface area contributed by atoms with Crippen molar-refractivity contribution >= 4 is 5.91 Å². The molecule has 17 heavy (non-hydrogen) atoms. The van der Waals surface area contributed by atoms with Crippen LogP contribution in [0.1, 0.15) is 23.2 Å². The lowest BCUT2D eigenvalue weighted by atomic mass is 10.1. The molecule has 1 atom stereocenters. The molecule has 5 heteroatoms. The van der Waals surface area contributed by atoms with E-state index in [2.05, 4.69) is 0 Å². The van der Waals surface area contributed by atoms with Crippen molar-refractivity contribution in [1.29, 1.82) is 0 Å². The van der Waals surface area contributed by atoms with Gasteiger partial charge in [-0.3, -0.25) is 9.59 Å². The van der Waals surface area contributed by atoms with Crippen LogP contribution in [-0.4, -0.2) is 34.5 Å². The monoisotopic (exact) mass is 235 g/mol. The van der Waals surface area contributed by atoms with Crippen LogP contribution in [0.4, 0.5) is 0 Å². The molecule has 1 unspecified atom stereocenters. The molecular weight excluding hydrogens is 218 g/mol. The molecule has 2 N–H and O–H groups in total. The first-order valence-electron chi connectivity index (χ1n) is 5.80. The van der Waals surface area contributed by atoms with Crippen LogP contribution in [0.5, 0.6) is 0 Å². The van der Waals surface area contributed by atoms with Crippen molar-refractivity contribution in [2.75, 3.05) is 13.1 Å². The van der Waals surface area contributed by atoms with Gasteiger partial charge in [0, 0.05) is 32.4 Å². The molecule has 2 rings (SSSR count). The van der Waals surface area contributed by atoms with Crippen LogP contribution in [0.2, 0.25) is 0 Å². The summed E-state index contributed by atoms with van der Waals surface area (Å²) in [6.07, 6.45) is 3.48. The van der Waals surface area contributed by atoms with E-state index in [4.69, 9.17) is 5.73 Å². The highest BCUT2D eigenvalue weighted by atomic mass is 16.2. The normalized spacial score (nSPS) is 20.4. The minimum atomic E-state index is -0.253. The van der Waals surface area contributed by atoms with Gasteiger partial charge in [0.05, 0.1) is 0 Å². The van der Waals surface area contributed by atoms with Gasteiger partial charge in [0.15, 0.2) is 0 Å². The second kappa shape index (κ2) is 4.71. The smallest absolute Gasteiger partial charge is 0.263 e. The van der Waals surface area contributed by atoms with Crippen LogP contribution < -0.4 is 11.3 Å². The lowest BCUT2D eigenvalue weighted by Crippen LogP contribution is -2.47. The Hall–Kier alpha value is -1.62. The molecule has 1 aliphatic rings. The Balaban J connectivity index is 2.25. The van der Waals surface area contributed by atoms with E-state index in [0.717, 1.165) is 12.8 Å².